The van der Waals surface area contributed by atoms with Crippen molar-refractivity contribution in [2.24, 2.45) is 0 Å². The van der Waals surface area contributed by atoms with Gasteiger partial charge in [0.1, 0.15) is 11.9 Å². The third kappa shape index (κ3) is 2.28. The summed E-state index contributed by atoms with van der Waals surface area (Å²) in [5.41, 5.74) is 1.17. The largest absolute Gasteiger partial charge is 0.488 e. The van der Waals surface area contributed by atoms with E-state index in [4.69, 9.17) is 9.47 Å². The van der Waals surface area contributed by atoms with Crippen LogP contribution in [0.1, 0.15) is 12.0 Å². The zero-order valence-corrected chi connectivity index (χ0v) is 9.71. The summed E-state index contributed by atoms with van der Waals surface area (Å²) in [7, 11) is 0. The highest BCUT2D eigenvalue weighted by molar-refractivity contribution is 9.10. The molecule has 1 atom stereocenters. The van der Waals surface area contributed by atoms with Crippen molar-refractivity contribution in [1.29, 1.82) is 0 Å². The Kier molecular flexibility index (Phi) is 3.08. The van der Waals surface area contributed by atoms with Crippen LogP contribution in [0.2, 0.25) is 0 Å². The summed E-state index contributed by atoms with van der Waals surface area (Å²) in [4.78, 5) is 0. The maximum atomic E-state index is 5.83. The second-order valence-electron chi connectivity index (χ2n) is 3.51. The maximum absolute atomic E-state index is 5.83. The molecule has 1 aromatic rings. The van der Waals surface area contributed by atoms with Crippen molar-refractivity contribution >= 4 is 15.9 Å². The fourth-order valence-electron chi connectivity index (χ4n) is 1.49. The topological polar surface area (TPSA) is 18.5 Å². The molecule has 0 spiro atoms. The number of ether oxygens (including phenoxy) is 2. The molecule has 0 aromatic heterocycles. The Morgan fingerprint density at radius 2 is 2.36 bits per heavy atom. The van der Waals surface area contributed by atoms with E-state index >= 15 is 0 Å². The molecule has 1 saturated heterocycles. The number of halogens is 1. The lowest BCUT2D eigenvalue weighted by atomic mass is 10.2. The highest BCUT2D eigenvalue weighted by Gasteiger charge is 2.17. The van der Waals surface area contributed by atoms with Crippen molar-refractivity contribution < 1.29 is 9.47 Å². The van der Waals surface area contributed by atoms with Crippen molar-refractivity contribution in [2.75, 3.05) is 13.2 Å². The fraction of sp³-hybridized carbons (Fsp3) is 0.455. The van der Waals surface area contributed by atoms with Crippen LogP contribution in [-0.4, -0.2) is 19.3 Å². The first-order valence-electron chi connectivity index (χ1n) is 4.76. The van der Waals surface area contributed by atoms with Gasteiger partial charge in [0, 0.05) is 10.9 Å². The molecule has 3 heteroatoms. The Hall–Kier alpha value is -0.540. The number of rotatable bonds is 2. The quantitative estimate of drug-likeness (QED) is 0.811. The molecule has 2 rings (SSSR count). The predicted molar refractivity (Wildman–Crippen MR) is 58.7 cm³/mol. The highest BCUT2D eigenvalue weighted by atomic mass is 79.9. The molecular formula is C11H13BrO2. The Labute approximate surface area is 92.3 Å². The molecule has 0 amide bonds. The molecule has 1 aliphatic heterocycles. The minimum absolute atomic E-state index is 0.225. The van der Waals surface area contributed by atoms with Crippen LogP contribution in [0, 0.1) is 6.92 Å². The smallest absolute Gasteiger partial charge is 0.124 e. The van der Waals surface area contributed by atoms with Gasteiger partial charge in [0.05, 0.1) is 13.2 Å². The van der Waals surface area contributed by atoms with E-state index in [0.29, 0.717) is 6.61 Å². The first kappa shape index (κ1) is 9.99. The number of hydrogen-bond acceptors (Lipinski definition) is 2. The van der Waals surface area contributed by atoms with Gasteiger partial charge in [-0.1, -0.05) is 22.0 Å². The maximum Gasteiger partial charge on any atom is 0.124 e. The molecule has 1 fully saturated rings. The van der Waals surface area contributed by atoms with E-state index < -0.39 is 0 Å². The van der Waals surface area contributed by atoms with Gasteiger partial charge in [0.15, 0.2) is 0 Å². The highest BCUT2D eigenvalue weighted by Crippen LogP contribution is 2.25. The molecule has 0 saturated carbocycles. The van der Waals surface area contributed by atoms with Crippen LogP contribution < -0.4 is 4.74 Å². The lowest BCUT2D eigenvalue weighted by Crippen LogP contribution is -2.16. The first-order valence-corrected chi connectivity index (χ1v) is 5.55. The Morgan fingerprint density at radius 3 is 3.07 bits per heavy atom. The Morgan fingerprint density at radius 1 is 1.50 bits per heavy atom. The lowest BCUT2D eigenvalue weighted by molar-refractivity contribution is 0.141. The van der Waals surface area contributed by atoms with Crippen LogP contribution in [0.3, 0.4) is 0 Å². The van der Waals surface area contributed by atoms with E-state index in [0.717, 1.165) is 23.2 Å². The third-order valence-corrected chi connectivity index (χ3v) is 2.82. The molecular weight excluding hydrogens is 244 g/mol. The summed E-state index contributed by atoms with van der Waals surface area (Å²) in [5, 5.41) is 0. The molecule has 0 N–H and O–H groups in total. The molecule has 1 aliphatic rings. The van der Waals surface area contributed by atoms with Crippen LogP contribution in [0.25, 0.3) is 0 Å². The van der Waals surface area contributed by atoms with Crippen LogP contribution in [0.4, 0.5) is 0 Å². The summed E-state index contributed by atoms with van der Waals surface area (Å²) in [5.74, 6) is 0.954. The number of benzene rings is 1. The minimum atomic E-state index is 0.225. The van der Waals surface area contributed by atoms with Crippen LogP contribution in [-0.2, 0) is 4.74 Å². The molecule has 1 aromatic carbocycles. The summed E-state index contributed by atoms with van der Waals surface area (Å²) in [6.07, 6.45) is 1.22. The van der Waals surface area contributed by atoms with E-state index in [-0.39, 0.29) is 6.10 Å². The van der Waals surface area contributed by atoms with Gasteiger partial charge in [-0.2, -0.15) is 0 Å². The first-order chi connectivity index (χ1) is 6.75. The van der Waals surface area contributed by atoms with Gasteiger partial charge >= 0.3 is 0 Å². The van der Waals surface area contributed by atoms with Crippen molar-refractivity contribution in [2.45, 2.75) is 19.4 Å². The molecule has 1 heterocycles. The van der Waals surface area contributed by atoms with E-state index in [9.17, 15) is 0 Å². The summed E-state index contributed by atoms with van der Waals surface area (Å²) >= 11 is 3.43. The average Bonchev–Trinajstić information content (AvgIpc) is 2.64. The van der Waals surface area contributed by atoms with Gasteiger partial charge in [-0.3, -0.25) is 0 Å². The van der Waals surface area contributed by atoms with Crippen molar-refractivity contribution in [3.8, 4) is 5.75 Å². The zero-order chi connectivity index (χ0) is 9.97. The third-order valence-electron chi connectivity index (χ3n) is 2.33. The fourth-order valence-corrected chi connectivity index (χ4v) is 1.83. The Bertz CT molecular complexity index is 319. The van der Waals surface area contributed by atoms with Gasteiger partial charge in [0.25, 0.3) is 0 Å². The second kappa shape index (κ2) is 4.32. The van der Waals surface area contributed by atoms with E-state index in [2.05, 4.69) is 28.9 Å². The molecule has 0 radical (unpaired) electrons. The van der Waals surface area contributed by atoms with Gasteiger partial charge in [-0.15, -0.1) is 0 Å². The zero-order valence-electron chi connectivity index (χ0n) is 8.13. The average molecular weight is 257 g/mol. The molecule has 0 aliphatic carbocycles. The standard InChI is InChI=1S/C11H13BrO2/c1-8-2-3-9(12)6-11(8)14-10-4-5-13-7-10/h2-3,6,10H,4-5,7H2,1H3/t10-/m0/s1. The molecule has 14 heavy (non-hydrogen) atoms. The SMILES string of the molecule is Cc1ccc(Br)cc1O[C@H]1CCOC1. The Balaban J connectivity index is 2.10. The van der Waals surface area contributed by atoms with Crippen LogP contribution in [0.15, 0.2) is 22.7 Å². The van der Waals surface area contributed by atoms with Gasteiger partial charge in [0.2, 0.25) is 0 Å². The molecule has 2 nitrogen and oxygen atoms in total. The van der Waals surface area contributed by atoms with Crippen LogP contribution in [0.5, 0.6) is 5.75 Å². The summed E-state index contributed by atoms with van der Waals surface area (Å²) in [6, 6.07) is 6.08. The molecule has 0 bridgehead atoms. The monoisotopic (exact) mass is 256 g/mol. The van der Waals surface area contributed by atoms with Crippen molar-refractivity contribution in [1.82, 2.24) is 0 Å². The van der Waals surface area contributed by atoms with E-state index in [1.807, 2.05) is 12.1 Å². The summed E-state index contributed by atoms with van der Waals surface area (Å²) in [6.45, 7) is 3.58. The second-order valence-corrected chi connectivity index (χ2v) is 4.43. The molecule has 76 valence electrons. The van der Waals surface area contributed by atoms with Gasteiger partial charge in [-0.05, 0) is 24.6 Å². The molecule has 0 unspecified atom stereocenters. The van der Waals surface area contributed by atoms with E-state index in [1.54, 1.807) is 0 Å². The minimum Gasteiger partial charge on any atom is -0.488 e. The number of aryl methyl sites for hydroxylation is 1. The van der Waals surface area contributed by atoms with Crippen LogP contribution >= 0.6 is 15.9 Å². The normalized spacial score (nSPS) is 21.1. The lowest BCUT2D eigenvalue weighted by Gasteiger charge is -2.14. The van der Waals surface area contributed by atoms with E-state index in [1.165, 1.54) is 5.56 Å². The van der Waals surface area contributed by atoms with Gasteiger partial charge < -0.3 is 9.47 Å². The van der Waals surface area contributed by atoms with Crippen molar-refractivity contribution in [3.05, 3.63) is 28.2 Å². The summed E-state index contributed by atoms with van der Waals surface area (Å²) < 4.78 is 12.1. The van der Waals surface area contributed by atoms with Crippen molar-refractivity contribution in [3.63, 3.8) is 0 Å². The van der Waals surface area contributed by atoms with Gasteiger partial charge in [-0.25, -0.2) is 0 Å². The predicted octanol–water partition coefficient (Wildman–Crippen LogP) is 2.93. The number of hydrogen-bond donors (Lipinski definition) is 0.